The van der Waals surface area contributed by atoms with Gasteiger partial charge in [0.1, 0.15) is 0 Å². The second kappa shape index (κ2) is 5.99. The number of fused-ring (bicyclic) bond motifs is 1. The molecule has 0 radical (unpaired) electrons. The third-order valence-electron chi connectivity index (χ3n) is 4.27. The van der Waals surface area contributed by atoms with Gasteiger partial charge in [0.2, 0.25) is 0 Å². The van der Waals surface area contributed by atoms with Gasteiger partial charge in [-0.1, -0.05) is 29.3 Å². The molecule has 0 saturated heterocycles. The highest BCUT2D eigenvalue weighted by Crippen LogP contribution is 2.32. The van der Waals surface area contributed by atoms with E-state index in [1.165, 1.54) is 17.7 Å². The minimum Gasteiger partial charge on any atom is -0.303 e. The van der Waals surface area contributed by atoms with Crippen LogP contribution < -0.4 is 5.32 Å². The fourth-order valence-electron chi connectivity index (χ4n) is 3.06. The van der Waals surface area contributed by atoms with Crippen LogP contribution in [0.1, 0.15) is 48.7 Å². The molecular weight excluding hydrogens is 305 g/mol. The second-order valence-electron chi connectivity index (χ2n) is 5.68. The van der Waals surface area contributed by atoms with Gasteiger partial charge in [0.15, 0.2) is 0 Å². The molecule has 1 aromatic heterocycles. The Kier molecular flexibility index (Phi) is 4.25. The Balaban J connectivity index is 1.79. The third kappa shape index (κ3) is 2.96. The van der Waals surface area contributed by atoms with Crippen LogP contribution in [0.4, 0.5) is 0 Å². The molecule has 1 N–H and O–H groups in total. The lowest BCUT2D eigenvalue weighted by molar-refractivity contribution is 0.411. The van der Waals surface area contributed by atoms with Crippen LogP contribution >= 0.6 is 23.2 Å². The average molecular weight is 324 g/mol. The Morgan fingerprint density at radius 2 is 2.14 bits per heavy atom. The Morgan fingerprint density at radius 1 is 1.33 bits per heavy atom. The maximum Gasteiger partial charge on any atom is 0.0595 e. The predicted octanol–water partition coefficient (Wildman–Crippen LogP) is 4.46. The zero-order valence-corrected chi connectivity index (χ0v) is 13.7. The summed E-state index contributed by atoms with van der Waals surface area (Å²) < 4.78 is 1.99. The van der Waals surface area contributed by atoms with Crippen molar-refractivity contribution in [3.05, 3.63) is 51.3 Å². The molecule has 0 amide bonds. The molecule has 0 aliphatic heterocycles. The zero-order valence-electron chi connectivity index (χ0n) is 12.2. The molecule has 112 valence electrons. The molecule has 5 heteroatoms. The van der Waals surface area contributed by atoms with Crippen LogP contribution in [0.25, 0.3) is 0 Å². The highest BCUT2D eigenvalue weighted by Gasteiger charge is 2.24. The summed E-state index contributed by atoms with van der Waals surface area (Å²) >= 11 is 12.1. The van der Waals surface area contributed by atoms with Gasteiger partial charge in [0.05, 0.1) is 16.2 Å². The first-order chi connectivity index (χ1) is 10.1. The van der Waals surface area contributed by atoms with Gasteiger partial charge in [-0.05, 0) is 43.9 Å². The van der Waals surface area contributed by atoms with E-state index in [1.807, 2.05) is 36.1 Å². The summed E-state index contributed by atoms with van der Waals surface area (Å²) in [5.41, 5.74) is 3.83. The van der Waals surface area contributed by atoms with Crippen molar-refractivity contribution in [1.29, 1.82) is 0 Å². The Labute approximate surface area is 135 Å². The molecule has 2 atom stereocenters. The van der Waals surface area contributed by atoms with E-state index in [9.17, 15) is 0 Å². The summed E-state index contributed by atoms with van der Waals surface area (Å²) in [4.78, 5) is 0. The van der Waals surface area contributed by atoms with E-state index in [4.69, 9.17) is 23.2 Å². The molecular formula is C16H19Cl2N3. The van der Waals surface area contributed by atoms with Crippen molar-refractivity contribution < 1.29 is 0 Å². The first-order valence-corrected chi connectivity index (χ1v) is 8.03. The van der Waals surface area contributed by atoms with E-state index >= 15 is 0 Å². The average Bonchev–Trinajstić information content (AvgIpc) is 2.85. The lowest BCUT2D eigenvalue weighted by Crippen LogP contribution is -2.27. The van der Waals surface area contributed by atoms with Gasteiger partial charge < -0.3 is 5.32 Å². The largest absolute Gasteiger partial charge is 0.303 e. The molecule has 0 bridgehead atoms. The van der Waals surface area contributed by atoms with Gasteiger partial charge >= 0.3 is 0 Å². The number of nitrogens with one attached hydrogen (secondary N) is 1. The van der Waals surface area contributed by atoms with Crippen molar-refractivity contribution in [2.24, 2.45) is 7.05 Å². The van der Waals surface area contributed by atoms with E-state index < -0.39 is 0 Å². The maximum absolute atomic E-state index is 6.11. The molecule has 0 saturated carbocycles. The van der Waals surface area contributed by atoms with Crippen molar-refractivity contribution in [1.82, 2.24) is 15.1 Å². The highest BCUT2D eigenvalue weighted by atomic mass is 35.5. The molecule has 0 fully saturated rings. The molecule has 21 heavy (non-hydrogen) atoms. The summed E-state index contributed by atoms with van der Waals surface area (Å²) in [5, 5.41) is 9.29. The van der Waals surface area contributed by atoms with Crippen LogP contribution in [-0.2, 0) is 13.5 Å². The van der Waals surface area contributed by atoms with Crippen molar-refractivity contribution in [2.45, 2.75) is 38.3 Å². The SMILES string of the molecule is CC(NC1CCCc2c1cnn2C)c1ccc(Cl)c(Cl)c1. The number of rotatable bonds is 3. The van der Waals surface area contributed by atoms with Crippen LogP contribution in [0.2, 0.25) is 10.0 Å². The van der Waals surface area contributed by atoms with E-state index in [1.54, 1.807) is 0 Å². The standard InChI is InChI=1S/C16H19Cl2N3/c1-10(11-6-7-13(17)14(18)8-11)20-15-4-3-5-16-12(15)9-19-21(16)2/h6-10,15,20H,3-5H2,1-2H3. The van der Waals surface area contributed by atoms with Crippen molar-refractivity contribution in [2.75, 3.05) is 0 Å². The number of hydrogen-bond donors (Lipinski definition) is 1. The van der Waals surface area contributed by atoms with Crippen LogP contribution in [0, 0.1) is 0 Å². The molecule has 2 unspecified atom stereocenters. The maximum atomic E-state index is 6.11. The summed E-state index contributed by atoms with van der Waals surface area (Å²) in [7, 11) is 2.02. The lowest BCUT2D eigenvalue weighted by atomic mass is 9.92. The first-order valence-electron chi connectivity index (χ1n) is 7.28. The summed E-state index contributed by atoms with van der Waals surface area (Å²) in [6.07, 6.45) is 5.45. The van der Waals surface area contributed by atoms with Gasteiger partial charge in [-0.2, -0.15) is 5.10 Å². The van der Waals surface area contributed by atoms with E-state index in [0.717, 1.165) is 18.4 Å². The smallest absolute Gasteiger partial charge is 0.0595 e. The number of hydrogen-bond acceptors (Lipinski definition) is 2. The molecule has 1 aromatic carbocycles. The Hall–Kier alpha value is -1.03. The van der Waals surface area contributed by atoms with Crippen molar-refractivity contribution in [3.63, 3.8) is 0 Å². The van der Waals surface area contributed by atoms with Crippen LogP contribution in [-0.4, -0.2) is 9.78 Å². The lowest BCUT2D eigenvalue weighted by Gasteiger charge is -2.27. The fraction of sp³-hybridized carbons (Fsp3) is 0.438. The topological polar surface area (TPSA) is 29.9 Å². The van der Waals surface area contributed by atoms with E-state index in [0.29, 0.717) is 16.1 Å². The minimum absolute atomic E-state index is 0.218. The second-order valence-corrected chi connectivity index (χ2v) is 6.49. The molecule has 2 aromatic rings. The third-order valence-corrected chi connectivity index (χ3v) is 5.01. The quantitative estimate of drug-likeness (QED) is 0.904. The number of aryl methyl sites for hydroxylation is 1. The Bertz CT molecular complexity index is 651. The van der Waals surface area contributed by atoms with Gasteiger partial charge in [0, 0.05) is 30.4 Å². The van der Waals surface area contributed by atoms with Gasteiger partial charge in [-0.3, -0.25) is 4.68 Å². The summed E-state index contributed by atoms with van der Waals surface area (Å²) in [6, 6.07) is 6.39. The number of benzene rings is 1. The molecule has 1 aliphatic rings. The summed E-state index contributed by atoms with van der Waals surface area (Å²) in [6.45, 7) is 2.16. The number of aromatic nitrogens is 2. The fourth-order valence-corrected chi connectivity index (χ4v) is 3.37. The first kappa shape index (κ1) is 14.9. The van der Waals surface area contributed by atoms with Gasteiger partial charge in [0.25, 0.3) is 0 Å². The number of halogens is 2. The predicted molar refractivity (Wildman–Crippen MR) is 86.9 cm³/mol. The highest BCUT2D eigenvalue weighted by molar-refractivity contribution is 6.42. The van der Waals surface area contributed by atoms with Gasteiger partial charge in [-0.25, -0.2) is 0 Å². The molecule has 1 aliphatic carbocycles. The van der Waals surface area contributed by atoms with Crippen LogP contribution in [0.15, 0.2) is 24.4 Å². The molecule has 3 nitrogen and oxygen atoms in total. The Morgan fingerprint density at radius 3 is 2.90 bits per heavy atom. The zero-order chi connectivity index (χ0) is 15.0. The molecule has 0 spiro atoms. The molecule has 3 rings (SSSR count). The number of nitrogens with zero attached hydrogens (tertiary/aromatic N) is 2. The van der Waals surface area contributed by atoms with Crippen LogP contribution in [0.5, 0.6) is 0 Å². The molecule has 1 heterocycles. The summed E-state index contributed by atoms with van der Waals surface area (Å²) in [5.74, 6) is 0. The van der Waals surface area contributed by atoms with Crippen LogP contribution in [0.3, 0.4) is 0 Å². The normalized spacial score (nSPS) is 19.3. The van der Waals surface area contributed by atoms with E-state index in [-0.39, 0.29) is 6.04 Å². The monoisotopic (exact) mass is 323 g/mol. The van der Waals surface area contributed by atoms with E-state index in [2.05, 4.69) is 17.3 Å². The van der Waals surface area contributed by atoms with Crippen molar-refractivity contribution in [3.8, 4) is 0 Å². The minimum atomic E-state index is 0.218. The van der Waals surface area contributed by atoms with Crippen molar-refractivity contribution >= 4 is 23.2 Å². The van der Waals surface area contributed by atoms with Gasteiger partial charge in [-0.15, -0.1) is 0 Å².